The van der Waals surface area contributed by atoms with Crippen LogP contribution in [0.1, 0.15) is 0 Å². The molecule has 134 valence electrons. The topological polar surface area (TPSA) is 47.4 Å². The summed E-state index contributed by atoms with van der Waals surface area (Å²) in [5.74, 6) is -0.264. The Hall–Kier alpha value is -2.44. The summed E-state index contributed by atoms with van der Waals surface area (Å²) in [6, 6.07) is 8.15. The van der Waals surface area contributed by atoms with Gasteiger partial charge in [0.05, 0.1) is 23.8 Å². The van der Waals surface area contributed by atoms with Gasteiger partial charge in [-0.25, -0.2) is 4.39 Å². The molecule has 0 N–H and O–H groups in total. The van der Waals surface area contributed by atoms with Crippen LogP contribution in [0, 0.1) is 5.82 Å². The zero-order valence-electron chi connectivity index (χ0n) is 14.0. The van der Waals surface area contributed by atoms with Crippen molar-refractivity contribution in [3.05, 3.63) is 53.6 Å². The summed E-state index contributed by atoms with van der Waals surface area (Å²) in [7, 11) is 0. The molecule has 1 aromatic carbocycles. The third-order valence-electron chi connectivity index (χ3n) is 4.52. The van der Waals surface area contributed by atoms with Crippen LogP contribution in [0.2, 0.25) is 5.02 Å². The van der Waals surface area contributed by atoms with E-state index in [4.69, 9.17) is 16.3 Å². The SMILES string of the molecule is O=C(Cn1cc(Cl)c2ncc(-c3ccc(F)cc3)cc21)N1CCOCC1. The third-order valence-corrected chi connectivity index (χ3v) is 4.80. The second kappa shape index (κ2) is 7.05. The fraction of sp³-hybridized carbons (Fsp3) is 0.263. The molecule has 1 aliphatic rings. The zero-order valence-corrected chi connectivity index (χ0v) is 14.7. The molecule has 1 saturated heterocycles. The summed E-state index contributed by atoms with van der Waals surface area (Å²) in [6.07, 6.45) is 3.43. The average molecular weight is 374 g/mol. The van der Waals surface area contributed by atoms with Crippen LogP contribution in [0.5, 0.6) is 0 Å². The highest BCUT2D eigenvalue weighted by Crippen LogP contribution is 2.28. The van der Waals surface area contributed by atoms with Gasteiger partial charge >= 0.3 is 0 Å². The molecule has 1 amide bonds. The van der Waals surface area contributed by atoms with Gasteiger partial charge in [0.2, 0.25) is 5.91 Å². The average Bonchev–Trinajstić information content (AvgIpc) is 2.98. The number of fused-ring (bicyclic) bond motifs is 1. The van der Waals surface area contributed by atoms with Crippen molar-refractivity contribution in [2.45, 2.75) is 6.54 Å². The van der Waals surface area contributed by atoms with E-state index < -0.39 is 0 Å². The van der Waals surface area contributed by atoms with Gasteiger partial charge < -0.3 is 14.2 Å². The zero-order chi connectivity index (χ0) is 18.1. The van der Waals surface area contributed by atoms with Gasteiger partial charge in [-0.1, -0.05) is 23.7 Å². The van der Waals surface area contributed by atoms with Crippen LogP contribution in [-0.4, -0.2) is 46.7 Å². The molecule has 0 unspecified atom stereocenters. The number of carbonyl (C=O) groups is 1. The second-order valence-electron chi connectivity index (χ2n) is 6.20. The number of carbonyl (C=O) groups excluding carboxylic acids is 1. The summed E-state index contributed by atoms with van der Waals surface area (Å²) in [6.45, 7) is 2.53. The first-order valence-corrected chi connectivity index (χ1v) is 8.75. The molecule has 0 bridgehead atoms. The summed E-state index contributed by atoms with van der Waals surface area (Å²) < 4.78 is 20.3. The number of hydrogen-bond acceptors (Lipinski definition) is 3. The van der Waals surface area contributed by atoms with Crippen molar-refractivity contribution < 1.29 is 13.9 Å². The van der Waals surface area contributed by atoms with E-state index in [-0.39, 0.29) is 18.3 Å². The highest BCUT2D eigenvalue weighted by molar-refractivity contribution is 6.35. The van der Waals surface area contributed by atoms with E-state index in [0.717, 1.165) is 16.6 Å². The number of morpholine rings is 1. The Balaban J connectivity index is 1.67. The second-order valence-corrected chi connectivity index (χ2v) is 6.60. The molecule has 3 aromatic rings. The Morgan fingerprint density at radius 1 is 1.19 bits per heavy atom. The van der Waals surface area contributed by atoms with Gasteiger partial charge in [-0.15, -0.1) is 0 Å². The van der Waals surface area contributed by atoms with E-state index in [1.807, 2.05) is 10.6 Å². The number of pyridine rings is 1. The number of benzene rings is 1. The highest BCUT2D eigenvalue weighted by Gasteiger charge is 2.19. The van der Waals surface area contributed by atoms with Gasteiger partial charge in [0.25, 0.3) is 0 Å². The van der Waals surface area contributed by atoms with Crippen molar-refractivity contribution in [3.8, 4) is 11.1 Å². The number of aromatic nitrogens is 2. The molecule has 26 heavy (non-hydrogen) atoms. The highest BCUT2D eigenvalue weighted by atomic mass is 35.5. The molecule has 2 aromatic heterocycles. The van der Waals surface area contributed by atoms with Gasteiger partial charge in [0.1, 0.15) is 17.9 Å². The van der Waals surface area contributed by atoms with E-state index in [2.05, 4.69) is 4.98 Å². The molecular weight excluding hydrogens is 357 g/mol. The fourth-order valence-corrected chi connectivity index (χ4v) is 3.38. The van der Waals surface area contributed by atoms with Crippen LogP contribution in [0.25, 0.3) is 22.2 Å². The lowest BCUT2D eigenvalue weighted by atomic mass is 10.1. The van der Waals surface area contributed by atoms with Crippen molar-refractivity contribution in [1.29, 1.82) is 0 Å². The fourth-order valence-electron chi connectivity index (χ4n) is 3.11. The van der Waals surface area contributed by atoms with Crippen molar-refractivity contribution in [3.63, 3.8) is 0 Å². The Kier molecular flexibility index (Phi) is 4.61. The van der Waals surface area contributed by atoms with E-state index >= 15 is 0 Å². The van der Waals surface area contributed by atoms with Crippen LogP contribution in [0.3, 0.4) is 0 Å². The molecule has 1 fully saturated rings. The third kappa shape index (κ3) is 3.30. The number of hydrogen-bond donors (Lipinski definition) is 0. The Bertz CT molecular complexity index is 949. The van der Waals surface area contributed by atoms with E-state index in [9.17, 15) is 9.18 Å². The van der Waals surface area contributed by atoms with Crippen molar-refractivity contribution >= 4 is 28.5 Å². The van der Waals surface area contributed by atoms with Crippen molar-refractivity contribution in [1.82, 2.24) is 14.5 Å². The molecule has 0 spiro atoms. The summed E-state index contributed by atoms with van der Waals surface area (Å²) in [4.78, 5) is 18.8. The van der Waals surface area contributed by atoms with Crippen LogP contribution in [-0.2, 0) is 16.1 Å². The molecule has 0 atom stereocenters. The Morgan fingerprint density at radius 3 is 2.65 bits per heavy atom. The molecule has 3 heterocycles. The first-order valence-electron chi connectivity index (χ1n) is 8.37. The minimum Gasteiger partial charge on any atom is -0.378 e. The number of ether oxygens (including phenoxy) is 1. The van der Waals surface area contributed by atoms with E-state index in [1.54, 1.807) is 29.4 Å². The molecule has 0 saturated carbocycles. The number of rotatable bonds is 3. The van der Waals surface area contributed by atoms with Gasteiger partial charge in [0, 0.05) is 31.0 Å². The van der Waals surface area contributed by atoms with Crippen LogP contribution < -0.4 is 0 Å². The standard InChI is InChI=1S/C19H17ClFN3O2/c20-16-11-24(12-18(25)23-5-7-26-8-6-23)17-9-14(10-22-19(16)17)13-1-3-15(21)4-2-13/h1-4,9-11H,5-8,12H2. The van der Waals surface area contributed by atoms with Gasteiger partial charge in [-0.2, -0.15) is 0 Å². The van der Waals surface area contributed by atoms with Crippen LogP contribution in [0.15, 0.2) is 42.7 Å². The molecule has 0 radical (unpaired) electrons. The largest absolute Gasteiger partial charge is 0.378 e. The van der Waals surface area contributed by atoms with Gasteiger partial charge in [-0.05, 0) is 23.8 Å². The molecule has 1 aliphatic heterocycles. The van der Waals surface area contributed by atoms with Crippen molar-refractivity contribution in [2.24, 2.45) is 0 Å². The molecule has 0 aliphatic carbocycles. The summed E-state index contributed by atoms with van der Waals surface area (Å²) in [5.41, 5.74) is 3.11. The summed E-state index contributed by atoms with van der Waals surface area (Å²) >= 11 is 6.29. The number of nitrogens with zero attached hydrogens (tertiary/aromatic N) is 3. The first kappa shape index (κ1) is 17.0. The number of amides is 1. The summed E-state index contributed by atoms with van der Waals surface area (Å²) in [5, 5.41) is 0.500. The predicted octanol–water partition coefficient (Wildman–Crippen LogP) is 3.35. The molecular formula is C19H17ClFN3O2. The smallest absolute Gasteiger partial charge is 0.242 e. The normalized spacial score (nSPS) is 14.8. The lowest BCUT2D eigenvalue weighted by Crippen LogP contribution is -2.42. The minimum absolute atomic E-state index is 0.0223. The first-order chi connectivity index (χ1) is 12.6. The predicted molar refractivity (Wildman–Crippen MR) is 97.5 cm³/mol. The monoisotopic (exact) mass is 373 g/mol. The lowest BCUT2D eigenvalue weighted by Gasteiger charge is -2.27. The number of halogens is 2. The van der Waals surface area contributed by atoms with Crippen LogP contribution >= 0.6 is 11.6 Å². The van der Waals surface area contributed by atoms with Gasteiger partial charge in [-0.3, -0.25) is 9.78 Å². The molecule has 5 nitrogen and oxygen atoms in total. The van der Waals surface area contributed by atoms with Crippen molar-refractivity contribution in [2.75, 3.05) is 26.3 Å². The Morgan fingerprint density at radius 2 is 1.92 bits per heavy atom. The van der Waals surface area contributed by atoms with E-state index in [0.29, 0.717) is 36.8 Å². The lowest BCUT2D eigenvalue weighted by molar-refractivity contribution is -0.135. The van der Waals surface area contributed by atoms with E-state index in [1.165, 1.54) is 12.1 Å². The molecule has 4 rings (SSSR count). The maximum atomic E-state index is 13.2. The Labute approximate surface area is 154 Å². The van der Waals surface area contributed by atoms with Crippen LogP contribution in [0.4, 0.5) is 4.39 Å². The van der Waals surface area contributed by atoms with Gasteiger partial charge in [0.15, 0.2) is 0 Å². The minimum atomic E-state index is -0.287. The maximum Gasteiger partial charge on any atom is 0.242 e. The quantitative estimate of drug-likeness (QED) is 0.707. The molecule has 7 heteroatoms. The maximum absolute atomic E-state index is 13.2.